The Bertz CT molecular complexity index is 997. The van der Waals surface area contributed by atoms with Gasteiger partial charge in [0.25, 0.3) is 0 Å². The molecule has 0 amide bonds. The lowest BCUT2D eigenvalue weighted by molar-refractivity contribution is 0.122. The van der Waals surface area contributed by atoms with Gasteiger partial charge in [-0.15, -0.1) is 11.3 Å². The number of nitrogens with zero attached hydrogens (tertiary/aromatic N) is 3. The van der Waals surface area contributed by atoms with Crippen molar-refractivity contribution >= 4 is 45.6 Å². The van der Waals surface area contributed by atoms with Gasteiger partial charge in [0.1, 0.15) is 5.82 Å². The van der Waals surface area contributed by atoms with Crippen LogP contribution >= 0.6 is 24.0 Å². The van der Waals surface area contributed by atoms with Crippen molar-refractivity contribution in [2.75, 3.05) is 69.4 Å². The van der Waals surface area contributed by atoms with E-state index in [4.69, 9.17) is 15.5 Å². The highest BCUT2D eigenvalue weighted by atomic mass is 32.1. The van der Waals surface area contributed by atoms with Crippen molar-refractivity contribution in [3.63, 3.8) is 0 Å². The van der Waals surface area contributed by atoms with Crippen molar-refractivity contribution in [1.82, 2.24) is 15.2 Å². The first-order valence-electron chi connectivity index (χ1n) is 10.8. The van der Waals surface area contributed by atoms with Crippen LogP contribution in [0, 0.1) is 0 Å². The van der Waals surface area contributed by atoms with E-state index in [1.54, 1.807) is 6.26 Å². The number of thiol groups is 1. The van der Waals surface area contributed by atoms with Crippen LogP contribution in [0.2, 0.25) is 0 Å². The lowest BCUT2D eigenvalue weighted by atomic mass is 10.1. The zero-order chi connectivity index (χ0) is 21.6. The predicted molar refractivity (Wildman–Crippen MR) is 136 cm³/mol. The number of hydrogen-bond donors (Lipinski definition) is 3. The fourth-order valence-electron chi connectivity index (χ4n) is 4.09. The predicted octanol–water partition coefficient (Wildman–Crippen LogP) is 3.33. The summed E-state index contributed by atoms with van der Waals surface area (Å²) in [6, 6.07) is 12.6. The summed E-state index contributed by atoms with van der Waals surface area (Å²) in [5, 5.41) is 4.70. The Kier molecular flexibility index (Phi) is 7.68. The molecule has 3 N–H and O–H groups in total. The Hall–Kier alpha value is -1.84. The number of hydrogen-bond acceptors (Lipinski definition) is 8. The van der Waals surface area contributed by atoms with Gasteiger partial charge in [0.2, 0.25) is 0 Å². The van der Waals surface area contributed by atoms with E-state index in [1.807, 2.05) is 29.5 Å². The van der Waals surface area contributed by atoms with Crippen molar-refractivity contribution in [3.8, 4) is 11.3 Å². The lowest BCUT2D eigenvalue weighted by Gasteiger charge is -2.28. The highest BCUT2D eigenvalue weighted by Crippen LogP contribution is 2.37. The molecule has 5 rings (SSSR count). The summed E-state index contributed by atoms with van der Waals surface area (Å²) in [6.45, 7) is 8.65. The molecule has 4 heterocycles. The van der Waals surface area contributed by atoms with Crippen LogP contribution in [0.4, 0.5) is 11.5 Å². The molecule has 2 aromatic heterocycles. The summed E-state index contributed by atoms with van der Waals surface area (Å²) < 4.78 is 6.86. The number of nitrogens with two attached hydrogens (primary N) is 1. The molecule has 31 heavy (non-hydrogen) atoms. The van der Waals surface area contributed by atoms with Crippen molar-refractivity contribution in [2.24, 2.45) is 0 Å². The lowest BCUT2D eigenvalue weighted by Crippen LogP contribution is -2.42. The van der Waals surface area contributed by atoms with E-state index in [0.717, 1.165) is 81.8 Å². The largest absolute Gasteiger partial charge is 0.399 e. The Morgan fingerprint density at radius 2 is 1.87 bits per heavy atom. The number of piperazine rings is 1. The maximum Gasteiger partial charge on any atom is 0.147 e. The SMILES string of the molecule is CS.Nc1cccc(-c2cc3cc(CN4CCNCC4)sc3c(N3CCOCC3)n2)c1. The second-order valence-electron chi connectivity index (χ2n) is 7.71. The maximum atomic E-state index is 6.03. The number of fused-ring (bicyclic) bond motifs is 1. The zero-order valence-corrected chi connectivity index (χ0v) is 19.7. The molecule has 8 heteroatoms. The van der Waals surface area contributed by atoms with Gasteiger partial charge >= 0.3 is 0 Å². The van der Waals surface area contributed by atoms with E-state index >= 15 is 0 Å². The first-order valence-corrected chi connectivity index (χ1v) is 12.5. The molecule has 166 valence electrons. The van der Waals surface area contributed by atoms with Gasteiger partial charge in [-0.3, -0.25) is 4.90 Å². The molecule has 0 unspecified atom stereocenters. The number of thiophene rings is 1. The maximum absolute atomic E-state index is 6.03. The van der Waals surface area contributed by atoms with Gasteiger partial charge in [0.15, 0.2) is 0 Å². The summed E-state index contributed by atoms with van der Waals surface area (Å²) in [5.74, 6) is 1.08. The molecule has 2 saturated heterocycles. The van der Waals surface area contributed by atoms with Crippen molar-refractivity contribution in [2.45, 2.75) is 6.54 Å². The minimum atomic E-state index is 0.755. The average Bonchev–Trinajstić information content (AvgIpc) is 3.23. The minimum Gasteiger partial charge on any atom is -0.399 e. The number of nitrogens with one attached hydrogen (secondary N) is 1. The molecule has 2 aliphatic rings. The monoisotopic (exact) mass is 457 g/mol. The summed E-state index contributed by atoms with van der Waals surface area (Å²) in [5.41, 5.74) is 8.85. The van der Waals surface area contributed by atoms with Crippen LogP contribution in [0.5, 0.6) is 0 Å². The highest BCUT2D eigenvalue weighted by Gasteiger charge is 2.20. The average molecular weight is 458 g/mol. The van der Waals surface area contributed by atoms with E-state index in [2.05, 4.69) is 45.9 Å². The standard InChI is InChI=1S/C22H27N5OS.CH4S/c23-18-3-1-2-16(12-18)20-14-17-13-19(15-26-6-4-24-5-7-26)29-21(17)22(25-20)27-8-10-28-11-9-27;1-2/h1-3,12-14,24H,4-11,15,23H2;2H,1H3. The second kappa shape index (κ2) is 10.7. The molecule has 1 aromatic carbocycles. The van der Waals surface area contributed by atoms with Gasteiger partial charge in [-0.1, -0.05) is 12.1 Å². The van der Waals surface area contributed by atoms with E-state index in [1.165, 1.54) is 15.0 Å². The number of rotatable bonds is 4. The molecule has 6 nitrogen and oxygen atoms in total. The third kappa shape index (κ3) is 5.32. The minimum absolute atomic E-state index is 0.755. The molecule has 0 spiro atoms. The third-order valence-corrected chi connectivity index (χ3v) is 6.75. The van der Waals surface area contributed by atoms with Crippen LogP contribution in [0.3, 0.4) is 0 Å². The number of pyridine rings is 1. The van der Waals surface area contributed by atoms with Crippen LogP contribution < -0.4 is 16.0 Å². The fraction of sp³-hybridized carbons (Fsp3) is 0.435. The van der Waals surface area contributed by atoms with Crippen LogP contribution in [0.1, 0.15) is 4.88 Å². The fourth-order valence-corrected chi connectivity index (χ4v) is 5.28. The Labute approximate surface area is 193 Å². The molecule has 0 atom stereocenters. The van der Waals surface area contributed by atoms with Crippen molar-refractivity contribution < 1.29 is 4.74 Å². The first kappa shape index (κ1) is 22.4. The van der Waals surface area contributed by atoms with Crippen LogP contribution in [0.15, 0.2) is 36.4 Å². The number of ether oxygens (including phenoxy) is 1. The van der Waals surface area contributed by atoms with E-state index in [-0.39, 0.29) is 0 Å². The Balaban J connectivity index is 0.00000112. The van der Waals surface area contributed by atoms with Crippen LogP contribution in [0.25, 0.3) is 21.3 Å². The van der Waals surface area contributed by atoms with Gasteiger partial charge < -0.3 is 20.7 Å². The molecule has 3 aromatic rings. The molecule has 0 bridgehead atoms. The van der Waals surface area contributed by atoms with Crippen molar-refractivity contribution in [1.29, 1.82) is 0 Å². The number of nitrogen functional groups attached to an aromatic ring is 1. The zero-order valence-electron chi connectivity index (χ0n) is 18.0. The van der Waals surface area contributed by atoms with E-state index < -0.39 is 0 Å². The van der Waals surface area contributed by atoms with Gasteiger partial charge in [-0.05, 0) is 35.9 Å². The molecular weight excluding hydrogens is 426 g/mol. The van der Waals surface area contributed by atoms with Gasteiger partial charge in [-0.25, -0.2) is 4.98 Å². The quantitative estimate of drug-likeness (QED) is 0.413. The summed E-state index contributed by atoms with van der Waals surface area (Å²) in [7, 11) is 0. The Morgan fingerprint density at radius 3 is 2.61 bits per heavy atom. The first-order chi connectivity index (χ1) is 15.3. The summed E-state index contributed by atoms with van der Waals surface area (Å²) in [4.78, 5) is 11.4. The van der Waals surface area contributed by atoms with Crippen LogP contribution in [-0.2, 0) is 11.3 Å². The number of anilines is 2. The molecule has 2 aliphatic heterocycles. The number of benzene rings is 1. The number of morpholine rings is 1. The van der Waals surface area contributed by atoms with E-state index in [9.17, 15) is 0 Å². The topological polar surface area (TPSA) is 66.7 Å². The smallest absolute Gasteiger partial charge is 0.147 e. The highest BCUT2D eigenvalue weighted by molar-refractivity contribution is 7.79. The molecular formula is C23H31N5OS2. The molecule has 0 radical (unpaired) electrons. The molecule has 0 aliphatic carbocycles. The normalized spacial score (nSPS) is 17.4. The molecule has 0 saturated carbocycles. The second-order valence-corrected chi connectivity index (χ2v) is 8.85. The number of aromatic nitrogens is 1. The van der Waals surface area contributed by atoms with Gasteiger partial charge in [0.05, 0.1) is 23.6 Å². The van der Waals surface area contributed by atoms with Crippen molar-refractivity contribution in [3.05, 3.63) is 41.3 Å². The van der Waals surface area contributed by atoms with E-state index in [0.29, 0.717) is 0 Å². The third-order valence-electron chi connectivity index (χ3n) is 5.62. The molecule has 2 fully saturated rings. The van der Waals surface area contributed by atoms with Gasteiger partial charge in [0, 0.05) is 61.9 Å². The summed E-state index contributed by atoms with van der Waals surface area (Å²) in [6.07, 6.45) is 1.69. The van der Waals surface area contributed by atoms with Gasteiger partial charge in [-0.2, -0.15) is 12.6 Å². The summed E-state index contributed by atoms with van der Waals surface area (Å²) >= 11 is 5.41. The Morgan fingerprint density at radius 1 is 1.10 bits per heavy atom. The van der Waals surface area contributed by atoms with Crippen LogP contribution in [-0.4, -0.2) is 68.6 Å².